The number of nitrogens with zero attached hydrogens (tertiary/aromatic N) is 2. The molecule has 3 rings (SSSR count). The summed E-state index contributed by atoms with van der Waals surface area (Å²) in [7, 11) is -3.90. The van der Waals surface area contributed by atoms with E-state index in [1.807, 2.05) is 30.3 Å². The molecule has 0 saturated heterocycles. The van der Waals surface area contributed by atoms with Gasteiger partial charge in [-0.2, -0.15) is 5.10 Å². The number of sulfonamides is 1. The smallest absolute Gasteiger partial charge is 0.266 e. The van der Waals surface area contributed by atoms with Gasteiger partial charge < -0.3 is 5.11 Å². The van der Waals surface area contributed by atoms with E-state index in [9.17, 15) is 13.5 Å². The maximum absolute atomic E-state index is 12.4. The van der Waals surface area contributed by atoms with E-state index in [0.29, 0.717) is 6.54 Å². The Morgan fingerprint density at radius 1 is 1.12 bits per heavy atom. The zero-order chi connectivity index (χ0) is 17.2. The van der Waals surface area contributed by atoms with Crippen molar-refractivity contribution in [1.82, 2.24) is 9.78 Å². The number of anilines is 1. The van der Waals surface area contributed by atoms with E-state index < -0.39 is 10.0 Å². The van der Waals surface area contributed by atoms with Gasteiger partial charge in [-0.05, 0) is 30.2 Å². The van der Waals surface area contributed by atoms with E-state index in [-0.39, 0.29) is 16.5 Å². The lowest BCUT2D eigenvalue weighted by Gasteiger charge is -2.08. The van der Waals surface area contributed by atoms with Gasteiger partial charge >= 0.3 is 0 Å². The summed E-state index contributed by atoms with van der Waals surface area (Å²) >= 11 is 0. The molecule has 24 heavy (non-hydrogen) atoms. The molecule has 1 aromatic heterocycles. The van der Waals surface area contributed by atoms with Crippen LogP contribution in [0.15, 0.2) is 65.7 Å². The van der Waals surface area contributed by atoms with Crippen LogP contribution in [0.1, 0.15) is 11.1 Å². The van der Waals surface area contributed by atoms with Crippen molar-refractivity contribution >= 4 is 15.8 Å². The quantitative estimate of drug-likeness (QED) is 0.746. The molecule has 2 aromatic carbocycles. The second kappa shape index (κ2) is 6.37. The van der Waals surface area contributed by atoms with E-state index >= 15 is 0 Å². The summed E-state index contributed by atoms with van der Waals surface area (Å²) in [6, 6.07) is 15.7. The van der Waals surface area contributed by atoms with E-state index in [0.717, 1.165) is 11.1 Å². The Morgan fingerprint density at radius 2 is 1.88 bits per heavy atom. The third-order valence-corrected chi connectivity index (χ3v) is 4.86. The molecule has 0 saturated carbocycles. The van der Waals surface area contributed by atoms with Gasteiger partial charge in [0, 0.05) is 12.3 Å². The molecule has 3 aromatic rings. The van der Waals surface area contributed by atoms with Crippen LogP contribution >= 0.6 is 0 Å². The van der Waals surface area contributed by atoms with Crippen LogP contribution in [-0.4, -0.2) is 23.3 Å². The molecule has 0 unspecified atom stereocenters. The van der Waals surface area contributed by atoms with Crippen molar-refractivity contribution in [2.45, 2.75) is 18.4 Å². The topological polar surface area (TPSA) is 84.2 Å². The molecule has 0 amide bonds. The summed E-state index contributed by atoms with van der Waals surface area (Å²) in [6.07, 6.45) is 1.70. The van der Waals surface area contributed by atoms with Crippen molar-refractivity contribution in [3.8, 4) is 5.75 Å². The van der Waals surface area contributed by atoms with Gasteiger partial charge in [-0.1, -0.05) is 36.4 Å². The van der Waals surface area contributed by atoms with Gasteiger partial charge in [0.25, 0.3) is 10.0 Å². The van der Waals surface area contributed by atoms with Gasteiger partial charge in [0.15, 0.2) is 5.82 Å². The summed E-state index contributed by atoms with van der Waals surface area (Å²) in [4.78, 5) is -0.167. The van der Waals surface area contributed by atoms with Crippen molar-refractivity contribution in [3.05, 3.63) is 71.9 Å². The predicted octanol–water partition coefficient (Wildman–Crippen LogP) is 2.75. The SMILES string of the molecule is Cc1ccc(O)c(S(=O)(=O)Nc2ccn(Cc3ccccc3)n2)c1. The minimum Gasteiger partial charge on any atom is -0.507 e. The third-order valence-electron chi connectivity index (χ3n) is 3.47. The molecule has 0 aliphatic heterocycles. The molecular formula is C17H17N3O3S. The number of aryl methyl sites for hydroxylation is 1. The average molecular weight is 343 g/mol. The molecule has 0 aliphatic carbocycles. The molecule has 1 heterocycles. The highest BCUT2D eigenvalue weighted by Crippen LogP contribution is 2.25. The summed E-state index contributed by atoms with van der Waals surface area (Å²) < 4.78 is 28.9. The Bertz CT molecular complexity index is 950. The first-order valence-corrected chi connectivity index (χ1v) is 8.82. The lowest BCUT2D eigenvalue weighted by atomic mass is 10.2. The number of hydrogen-bond acceptors (Lipinski definition) is 4. The molecule has 0 radical (unpaired) electrons. The monoisotopic (exact) mass is 343 g/mol. The standard InChI is InChI=1S/C17H17N3O3S/c1-13-7-8-15(21)16(11-13)24(22,23)19-17-9-10-20(18-17)12-14-5-3-2-4-6-14/h2-11,21H,12H2,1H3,(H,18,19). The van der Waals surface area contributed by atoms with Crippen LogP contribution in [0, 0.1) is 6.92 Å². The number of phenols is 1. The zero-order valence-electron chi connectivity index (χ0n) is 13.0. The first-order valence-electron chi connectivity index (χ1n) is 7.34. The first kappa shape index (κ1) is 16.1. The van der Waals surface area contributed by atoms with Gasteiger partial charge in [0.05, 0.1) is 6.54 Å². The second-order valence-electron chi connectivity index (χ2n) is 5.46. The first-order chi connectivity index (χ1) is 11.4. The number of phenolic OH excluding ortho intramolecular Hbond substituents is 1. The van der Waals surface area contributed by atoms with Gasteiger partial charge in [-0.25, -0.2) is 8.42 Å². The number of aromatic hydroxyl groups is 1. The van der Waals surface area contributed by atoms with Crippen molar-refractivity contribution < 1.29 is 13.5 Å². The Balaban J connectivity index is 1.80. The molecule has 0 atom stereocenters. The van der Waals surface area contributed by atoms with Crippen LogP contribution in [0.2, 0.25) is 0 Å². The average Bonchev–Trinajstić information content (AvgIpc) is 2.97. The highest BCUT2D eigenvalue weighted by atomic mass is 32.2. The molecule has 0 spiro atoms. The fourth-order valence-corrected chi connectivity index (χ4v) is 3.48. The number of hydrogen-bond donors (Lipinski definition) is 2. The summed E-state index contributed by atoms with van der Waals surface area (Å²) in [5.41, 5.74) is 1.80. The summed E-state index contributed by atoms with van der Waals surface area (Å²) in [5.74, 6) is -0.0938. The number of benzene rings is 2. The van der Waals surface area contributed by atoms with Crippen LogP contribution < -0.4 is 4.72 Å². The van der Waals surface area contributed by atoms with E-state index in [1.165, 1.54) is 12.1 Å². The molecule has 7 heteroatoms. The van der Waals surface area contributed by atoms with Gasteiger partial charge in [-0.3, -0.25) is 9.40 Å². The van der Waals surface area contributed by atoms with Gasteiger partial charge in [0.1, 0.15) is 10.6 Å². The zero-order valence-corrected chi connectivity index (χ0v) is 13.9. The fraction of sp³-hybridized carbons (Fsp3) is 0.118. The largest absolute Gasteiger partial charge is 0.507 e. The Morgan fingerprint density at radius 3 is 2.62 bits per heavy atom. The predicted molar refractivity (Wildman–Crippen MR) is 91.4 cm³/mol. The van der Waals surface area contributed by atoms with E-state index in [4.69, 9.17) is 0 Å². The fourth-order valence-electron chi connectivity index (χ4n) is 2.30. The third kappa shape index (κ3) is 3.57. The van der Waals surface area contributed by atoms with E-state index in [2.05, 4.69) is 9.82 Å². The molecule has 0 bridgehead atoms. The molecule has 6 nitrogen and oxygen atoms in total. The summed E-state index contributed by atoms with van der Waals surface area (Å²) in [5, 5.41) is 14.0. The van der Waals surface area contributed by atoms with Crippen LogP contribution in [-0.2, 0) is 16.6 Å². The molecule has 124 valence electrons. The highest BCUT2D eigenvalue weighted by Gasteiger charge is 2.20. The maximum Gasteiger partial charge on any atom is 0.266 e. The summed E-state index contributed by atoms with van der Waals surface area (Å²) in [6.45, 7) is 2.30. The highest BCUT2D eigenvalue weighted by molar-refractivity contribution is 7.92. The molecule has 0 fully saturated rings. The van der Waals surface area contributed by atoms with Crippen LogP contribution in [0.25, 0.3) is 0 Å². The number of rotatable bonds is 5. The van der Waals surface area contributed by atoms with Crippen LogP contribution in [0.5, 0.6) is 5.75 Å². The van der Waals surface area contributed by atoms with Gasteiger partial charge in [-0.15, -0.1) is 0 Å². The van der Waals surface area contributed by atoms with Crippen molar-refractivity contribution in [3.63, 3.8) is 0 Å². The normalized spacial score (nSPS) is 11.4. The molecule has 2 N–H and O–H groups in total. The minimum absolute atomic E-state index is 0.167. The van der Waals surface area contributed by atoms with Crippen LogP contribution in [0.4, 0.5) is 5.82 Å². The van der Waals surface area contributed by atoms with Crippen LogP contribution in [0.3, 0.4) is 0 Å². The minimum atomic E-state index is -3.90. The van der Waals surface area contributed by atoms with Crippen molar-refractivity contribution in [2.75, 3.05) is 4.72 Å². The lowest BCUT2D eigenvalue weighted by molar-refractivity contribution is 0.459. The lowest BCUT2D eigenvalue weighted by Crippen LogP contribution is -2.14. The second-order valence-corrected chi connectivity index (χ2v) is 7.11. The Kier molecular flexibility index (Phi) is 4.26. The van der Waals surface area contributed by atoms with Gasteiger partial charge in [0.2, 0.25) is 0 Å². The van der Waals surface area contributed by atoms with Crippen molar-refractivity contribution in [2.24, 2.45) is 0 Å². The Labute approximate surface area is 140 Å². The Hall–Kier alpha value is -2.80. The molecular weight excluding hydrogens is 326 g/mol. The molecule has 0 aliphatic rings. The number of aromatic nitrogens is 2. The van der Waals surface area contributed by atoms with Crippen molar-refractivity contribution in [1.29, 1.82) is 0 Å². The maximum atomic E-state index is 12.4. The number of nitrogens with one attached hydrogen (secondary N) is 1. The van der Waals surface area contributed by atoms with E-state index in [1.54, 1.807) is 29.9 Å².